The van der Waals surface area contributed by atoms with E-state index in [-0.39, 0.29) is 11.8 Å². The van der Waals surface area contributed by atoms with Crippen molar-refractivity contribution in [3.63, 3.8) is 0 Å². The normalized spacial score (nSPS) is 25.1. The molecule has 8 heteroatoms. The quantitative estimate of drug-likeness (QED) is 0.862. The summed E-state index contributed by atoms with van der Waals surface area (Å²) in [6.45, 7) is 1.14. The number of hydrogen-bond acceptors (Lipinski definition) is 5. The summed E-state index contributed by atoms with van der Waals surface area (Å²) in [5, 5.41) is 13.9. The Bertz CT molecular complexity index is 851. The van der Waals surface area contributed by atoms with Crippen molar-refractivity contribution in [3.05, 3.63) is 35.2 Å². The van der Waals surface area contributed by atoms with Crippen molar-refractivity contribution in [2.45, 2.75) is 31.6 Å². The van der Waals surface area contributed by atoms with E-state index in [4.69, 9.17) is 16.1 Å². The van der Waals surface area contributed by atoms with Gasteiger partial charge in [-0.2, -0.15) is 4.98 Å². The standard InChI is InChI=1S/C19H20ClN3O4/c20-13-5-3-11(4-6-13)16-21-17(27-22-16)12-2-1-9-23(10-12)18(24)14-7-8-15(14)19(25)26/h3-6,12,14-15H,1-2,7-10H2,(H,25,26). The van der Waals surface area contributed by atoms with Crippen LogP contribution in [-0.4, -0.2) is 45.1 Å². The molecule has 1 amide bonds. The van der Waals surface area contributed by atoms with Crippen LogP contribution in [-0.2, 0) is 9.59 Å². The molecule has 27 heavy (non-hydrogen) atoms. The van der Waals surface area contributed by atoms with Crippen LogP contribution >= 0.6 is 11.6 Å². The lowest BCUT2D eigenvalue weighted by atomic mass is 9.72. The molecule has 1 N–H and O–H groups in total. The predicted octanol–water partition coefficient (Wildman–Crippen LogP) is 3.21. The summed E-state index contributed by atoms with van der Waals surface area (Å²) >= 11 is 5.91. The molecule has 0 spiro atoms. The monoisotopic (exact) mass is 389 g/mol. The fraction of sp³-hybridized carbons (Fsp3) is 0.474. The van der Waals surface area contributed by atoms with Gasteiger partial charge in [0.1, 0.15) is 0 Å². The van der Waals surface area contributed by atoms with Crippen LogP contribution in [0.15, 0.2) is 28.8 Å². The molecule has 3 unspecified atom stereocenters. The van der Waals surface area contributed by atoms with Crippen LogP contribution in [0.1, 0.15) is 37.5 Å². The lowest BCUT2D eigenvalue weighted by Crippen LogP contribution is -2.48. The van der Waals surface area contributed by atoms with Crippen molar-refractivity contribution < 1.29 is 19.2 Å². The molecule has 1 aliphatic carbocycles. The maximum Gasteiger partial charge on any atom is 0.307 e. The van der Waals surface area contributed by atoms with E-state index >= 15 is 0 Å². The Hall–Kier alpha value is -2.41. The molecule has 4 rings (SSSR count). The Labute approximate surface area is 161 Å². The minimum atomic E-state index is -0.877. The average Bonchev–Trinajstić information content (AvgIpc) is 3.11. The average molecular weight is 390 g/mol. The second-order valence-corrected chi connectivity index (χ2v) is 7.65. The zero-order valence-electron chi connectivity index (χ0n) is 14.7. The van der Waals surface area contributed by atoms with Crippen molar-refractivity contribution in [1.29, 1.82) is 0 Å². The lowest BCUT2D eigenvalue weighted by molar-refractivity contribution is -0.157. The van der Waals surface area contributed by atoms with Gasteiger partial charge in [0.15, 0.2) is 0 Å². The van der Waals surface area contributed by atoms with Crippen molar-refractivity contribution in [2.24, 2.45) is 11.8 Å². The summed E-state index contributed by atoms with van der Waals surface area (Å²) in [5.74, 6) is -0.893. The number of amides is 1. The summed E-state index contributed by atoms with van der Waals surface area (Å²) < 4.78 is 5.45. The minimum Gasteiger partial charge on any atom is -0.481 e. The highest BCUT2D eigenvalue weighted by molar-refractivity contribution is 6.30. The van der Waals surface area contributed by atoms with E-state index in [1.54, 1.807) is 17.0 Å². The molecule has 1 saturated heterocycles. The van der Waals surface area contributed by atoms with E-state index < -0.39 is 17.8 Å². The highest BCUT2D eigenvalue weighted by Gasteiger charge is 2.44. The summed E-state index contributed by atoms with van der Waals surface area (Å²) in [6, 6.07) is 7.20. The topological polar surface area (TPSA) is 96.5 Å². The Morgan fingerprint density at radius 2 is 1.89 bits per heavy atom. The van der Waals surface area contributed by atoms with Gasteiger partial charge in [-0.25, -0.2) is 0 Å². The molecule has 2 aliphatic rings. The van der Waals surface area contributed by atoms with Gasteiger partial charge in [0.05, 0.1) is 17.8 Å². The van der Waals surface area contributed by atoms with Crippen molar-refractivity contribution in [1.82, 2.24) is 15.0 Å². The zero-order chi connectivity index (χ0) is 19.0. The molecule has 142 valence electrons. The highest BCUT2D eigenvalue weighted by Crippen LogP contribution is 2.37. The maximum atomic E-state index is 12.7. The van der Waals surface area contributed by atoms with Crippen LogP contribution in [0.4, 0.5) is 0 Å². The molecule has 0 bridgehead atoms. The minimum absolute atomic E-state index is 0.0281. The van der Waals surface area contributed by atoms with Crippen molar-refractivity contribution in [3.8, 4) is 11.4 Å². The highest BCUT2D eigenvalue weighted by atomic mass is 35.5. The smallest absolute Gasteiger partial charge is 0.307 e. The second-order valence-electron chi connectivity index (χ2n) is 7.22. The SMILES string of the molecule is O=C(O)C1CCC1C(=O)N1CCCC(c2nc(-c3ccc(Cl)cc3)no2)C1. The first kappa shape index (κ1) is 18.0. The number of aromatic nitrogens is 2. The molecule has 3 atom stereocenters. The lowest BCUT2D eigenvalue weighted by Gasteiger charge is -2.39. The van der Waals surface area contributed by atoms with Gasteiger partial charge in [-0.3, -0.25) is 9.59 Å². The third-order valence-electron chi connectivity index (χ3n) is 5.54. The molecule has 1 aromatic carbocycles. The number of piperidine rings is 1. The van der Waals surface area contributed by atoms with Crippen LogP contribution in [0.5, 0.6) is 0 Å². The number of aliphatic carboxylic acids is 1. The second kappa shape index (κ2) is 7.31. The fourth-order valence-electron chi connectivity index (χ4n) is 3.82. The third kappa shape index (κ3) is 3.56. The zero-order valence-corrected chi connectivity index (χ0v) is 15.4. The van der Waals surface area contributed by atoms with Gasteiger partial charge in [0, 0.05) is 23.7 Å². The van der Waals surface area contributed by atoms with E-state index in [1.165, 1.54) is 0 Å². The molecular formula is C19H20ClN3O4. The third-order valence-corrected chi connectivity index (χ3v) is 5.79. The number of likely N-dealkylation sites (tertiary alicyclic amines) is 1. The number of benzene rings is 1. The number of carboxylic acids is 1. The molecule has 2 fully saturated rings. The van der Waals surface area contributed by atoms with Crippen LogP contribution in [0, 0.1) is 11.8 Å². The Kier molecular flexibility index (Phi) is 4.86. The van der Waals surface area contributed by atoms with E-state index in [9.17, 15) is 14.7 Å². The van der Waals surface area contributed by atoms with E-state index in [0.717, 1.165) is 18.4 Å². The number of carboxylic acid groups (broad SMARTS) is 1. The van der Waals surface area contributed by atoms with Crippen LogP contribution in [0.3, 0.4) is 0 Å². The van der Waals surface area contributed by atoms with E-state index in [0.29, 0.717) is 42.7 Å². The van der Waals surface area contributed by atoms with Crippen molar-refractivity contribution in [2.75, 3.05) is 13.1 Å². The largest absolute Gasteiger partial charge is 0.481 e. The van der Waals surface area contributed by atoms with Gasteiger partial charge in [0.25, 0.3) is 0 Å². The van der Waals surface area contributed by atoms with E-state index in [1.807, 2.05) is 12.1 Å². The summed E-state index contributed by atoms with van der Waals surface area (Å²) in [7, 11) is 0. The fourth-order valence-corrected chi connectivity index (χ4v) is 3.95. The van der Waals surface area contributed by atoms with Gasteiger partial charge in [-0.05, 0) is 49.9 Å². The molecular weight excluding hydrogens is 370 g/mol. The summed E-state index contributed by atoms with van der Waals surface area (Å²) in [4.78, 5) is 30.2. The number of hydrogen-bond donors (Lipinski definition) is 1. The number of nitrogens with zero attached hydrogens (tertiary/aromatic N) is 3. The van der Waals surface area contributed by atoms with Gasteiger partial charge in [0.2, 0.25) is 17.6 Å². The molecule has 2 aromatic rings. The molecule has 2 heterocycles. The van der Waals surface area contributed by atoms with Gasteiger partial charge >= 0.3 is 5.97 Å². The number of carbonyl (C=O) groups is 2. The Balaban J connectivity index is 1.45. The molecule has 1 aliphatic heterocycles. The maximum absolute atomic E-state index is 12.7. The van der Waals surface area contributed by atoms with E-state index in [2.05, 4.69) is 10.1 Å². The number of carbonyl (C=O) groups excluding carboxylic acids is 1. The van der Waals surface area contributed by atoms with Gasteiger partial charge in [-0.1, -0.05) is 16.8 Å². The van der Waals surface area contributed by atoms with Crippen LogP contribution < -0.4 is 0 Å². The number of rotatable bonds is 4. The first-order valence-electron chi connectivity index (χ1n) is 9.14. The van der Waals surface area contributed by atoms with Crippen molar-refractivity contribution >= 4 is 23.5 Å². The summed E-state index contributed by atoms with van der Waals surface area (Å²) in [5.41, 5.74) is 0.817. The first-order chi connectivity index (χ1) is 13.0. The molecule has 0 radical (unpaired) electrons. The van der Waals surface area contributed by atoms with Gasteiger partial charge in [-0.15, -0.1) is 0 Å². The Morgan fingerprint density at radius 1 is 1.15 bits per heavy atom. The predicted molar refractivity (Wildman–Crippen MR) is 97.1 cm³/mol. The molecule has 7 nitrogen and oxygen atoms in total. The molecule has 1 saturated carbocycles. The first-order valence-corrected chi connectivity index (χ1v) is 9.52. The van der Waals surface area contributed by atoms with Crippen LogP contribution in [0.25, 0.3) is 11.4 Å². The molecule has 1 aromatic heterocycles. The van der Waals surface area contributed by atoms with Crippen LogP contribution in [0.2, 0.25) is 5.02 Å². The Morgan fingerprint density at radius 3 is 2.56 bits per heavy atom. The number of halogens is 1. The summed E-state index contributed by atoms with van der Waals surface area (Å²) in [6.07, 6.45) is 2.92. The van der Waals surface area contributed by atoms with Gasteiger partial charge < -0.3 is 14.5 Å².